The van der Waals surface area contributed by atoms with Crippen molar-refractivity contribution in [1.82, 2.24) is 5.32 Å². The van der Waals surface area contributed by atoms with E-state index in [2.05, 4.69) is 5.32 Å². The summed E-state index contributed by atoms with van der Waals surface area (Å²) in [6, 6.07) is 6.77. The Morgan fingerprint density at radius 3 is 2.17 bits per heavy atom. The van der Waals surface area contributed by atoms with Crippen LogP contribution in [0.5, 0.6) is 5.75 Å². The Kier molecular flexibility index (Phi) is 4.71. The molecule has 5 heteroatoms. The summed E-state index contributed by atoms with van der Waals surface area (Å²) in [5, 5.41) is 2.42. The first kappa shape index (κ1) is 14.0. The molecule has 1 rings (SSSR count). The highest BCUT2D eigenvalue weighted by Crippen LogP contribution is 2.20. The summed E-state index contributed by atoms with van der Waals surface area (Å²) < 4.78 is 5.48. The minimum Gasteiger partial charge on any atom is -0.491 e. The molecule has 0 aliphatic heterocycles. The maximum atomic E-state index is 11.6. The number of nitrogens with one attached hydrogen (secondary N) is 1. The lowest BCUT2D eigenvalue weighted by atomic mass is 9.97. The number of carbonyl (C=O) groups is 2. The van der Waals surface area contributed by atoms with Gasteiger partial charge in [0.25, 0.3) is 0 Å². The van der Waals surface area contributed by atoms with Crippen molar-refractivity contribution in [2.75, 3.05) is 7.05 Å². The van der Waals surface area contributed by atoms with Gasteiger partial charge in [-0.15, -0.1) is 0 Å². The summed E-state index contributed by atoms with van der Waals surface area (Å²) in [5.74, 6) is -1.37. The predicted molar refractivity (Wildman–Crippen MR) is 68.2 cm³/mol. The van der Waals surface area contributed by atoms with Crippen molar-refractivity contribution < 1.29 is 14.3 Å². The van der Waals surface area contributed by atoms with Crippen molar-refractivity contribution >= 4 is 11.8 Å². The van der Waals surface area contributed by atoms with Crippen LogP contribution in [-0.2, 0) is 9.59 Å². The molecule has 0 bridgehead atoms. The van der Waals surface area contributed by atoms with E-state index in [1.807, 2.05) is 13.8 Å². The fourth-order valence-electron chi connectivity index (χ4n) is 1.60. The largest absolute Gasteiger partial charge is 0.491 e. The first-order valence-electron chi connectivity index (χ1n) is 5.73. The molecule has 0 fully saturated rings. The van der Waals surface area contributed by atoms with Crippen molar-refractivity contribution in [2.45, 2.75) is 25.9 Å². The second kappa shape index (κ2) is 6.05. The van der Waals surface area contributed by atoms with Crippen LogP contribution in [0.1, 0.15) is 25.3 Å². The Hall–Kier alpha value is -2.04. The normalized spacial score (nSPS) is 12.0. The summed E-state index contributed by atoms with van der Waals surface area (Å²) >= 11 is 0. The molecule has 1 aromatic rings. The lowest BCUT2D eigenvalue weighted by Gasteiger charge is -2.14. The number of hydrogen-bond acceptors (Lipinski definition) is 3. The van der Waals surface area contributed by atoms with Gasteiger partial charge in [-0.2, -0.15) is 0 Å². The number of ether oxygens (including phenoxy) is 1. The highest BCUT2D eigenvalue weighted by molar-refractivity contribution is 6.04. The van der Waals surface area contributed by atoms with E-state index >= 15 is 0 Å². The minimum absolute atomic E-state index is 0.0710. The number of likely N-dealkylation sites (N-methyl/N-ethyl adjacent to an activating group) is 1. The molecule has 1 atom stereocenters. The van der Waals surface area contributed by atoms with Crippen LogP contribution in [-0.4, -0.2) is 25.0 Å². The zero-order valence-corrected chi connectivity index (χ0v) is 10.8. The van der Waals surface area contributed by atoms with Crippen molar-refractivity contribution in [3.63, 3.8) is 0 Å². The van der Waals surface area contributed by atoms with Crippen molar-refractivity contribution in [3.8, 4) is 5.75 Å². The third-order valence-electron chi connectivity index (χ3n) is 2.38. The Balaban J connectivity index is 2.94. The third-order valence-corrected chi connectivity index (χ3v) is 2.38. The Morgan fingerprint density at radius 2 is 1.78 bits per heavy atom. The molecule has 0 unspecified atom stereocenters. The maximum Gasteiger partial charge on any atom is 0.236 e. The molecule has 18 heavy (non-hydrogen) atoms. The minimum atomic E-state index is -0.969. The monoisotopic (exact) mass is 250 g/mol. The van der Waals surface area contributed by atoms with E-state index in [4.69, 9.17) is 10.5 Å². The number of benzene rings is 1. The van der Waals surface area contributed by atoms with Crippen molar-refractivity contribution in [3.05, 3.63) is 29.8 Å². The van der Waals surface area contributed by atoms with Crippen LogP contribution in [0.4, 0.5) is 0 Å². The SMILES string of the molecule is CNC(=O)[C@H](C(N)=O)c1ccc(OC(C)C)cc1. The number of primary amides is 1. The van der Waals surface area contributed by atoms with Gasteiger partial charge in [-0.3, -0.25) is 9.59 Å². The van der Waals surface area contributed by atoms with Gasteiger partial charge >= 0.3 is 0 Å². The van der Waals surface area contributed by atoms with E-state index in [9.17, 15) is 9.59 Å². The van der Waals surface area contributed by atoms with Crippen molar-refractivity contribution in [1.29, 1.82) is 0 Å². The molecular weight excluding hydrogens is 232 g/mol. The van der Waals surface area contributed by atoms with Gasteiger partial charge in [0, 0.05) is 7.05 Å². The average molecular weight is 250 g/mol. The fraction of sp³-hybridized carbons (Fsp3) is 0.385. The van der Waals surface area contributed by atoms with Crippen molar-refractivity contribution in [2.24, 2.45) is 5.73 Å². The van der Waals surface area contributed by atoms with Gasteiger partial charge in [-0.25, -0.2) is 0 Å². The molecule has 2 amide bonds. The highest BCUT2D eigenvalue weighted by atomic mass is 16.5. The number of rotatable bonds is 5. The third kappa shape index (κ3) is 3.48. The number of nitrogens with two attached hydrogens (primary N) is 1. The van der Waals surface area contributed by atoms with Crippen LogP contribution in [0.15, 0.2) is 24.3 Å². The average Bonchev–Trinajstić information content (AvgIpc) is 2.30. The van der Waals surface area contributed by atoms with E-state index in [-0.39, 0.29) is 6.10 Å². The summed E-state index contributed by atoms with van der Waals surface area (Å²) in [4.78, 5) is 22.9. The topological polar surface area (TPSA) is 81.4 Å². The molecule has 0 spiro atoms. The fourth-order valence-corrected chi connectivity index (χ4v) is 1.60. The van der Waals surface area contributed by atoms with Crippen LogP contribution in [0, 0.1) is 0 Å². The number of hydrogen-bond donors (Lipinski definition) is 2. The summed E-state index contributed by atoms with van der Waals surface area (Å²) in [7, 11) is 1.47. The molecule has 0 aromatic heterocycles. The molecule has 5 nitrogen and oxygen atoms in total. The predicted octanol–water partition coefficient (Wildman–Crippen LogP) is 0.789. The van der Waals surface area contributed by atoms with Gasteiger partial charge in [0.15, 0.2) is 0 Å². The smallest absolute Gasteiger partial charge is 0.236 e. The molecule has 0 saturated carbocycles. The van der Waals surface area contributed by atoms with Gasteiger partial charge in [-0.05, 0) is 31.5 Å². The molecular formula is C13H18N2O3. The molecule has 98 valence electrons. The van der Waals surface area contributed by atoms with Crippen LogP contribution < -0.4 is 15.8 Å². The second-order valence-electron chi connectivity index (χ2n) is 4.19. The summed E-state index contributed by atoms with van der Waals surface area (Å²) in [6.07, 6.45) is 0.0710. The van der Waals surface area contributed by atoms with Gasteiger partial charge in [-0.1, -0.05) is 12.1 Å². The van der Waals surface area contributed by atoms with E-state index in [0.717, 1.165) is 0 Å². The number of carbonyl (C=O) groups excluding carboxylic acids is 2. The second-order valence-corrected chi connectivity index (χ2v) is 4.19. The van der Waals surface area contributed by atoms with E-state index in [1.54, 1.807) is 24.3 Å². The molecule has 0 radical (unpaired) electrons. The first-order valence-corrected chi connectivity index (χ1v) is 5.73. The standard InChI is InChI=1S/C13H18N2O3/c1-8(2)18-10-6-4-9(5-7-10)11(12(14)16)13(17)15-3/h4-8,11H,1-3H3,(H2,14,16)(H,15,17)/t11-/m0/s1. The van der Waals surface area contributed by atoms with Gasteiger partial charge in [0.2, 0.25) is 11.8 Å². The Labute approximate surface area is 106 Å². The summed E-state index contributed by atoms with van der Waals surface area (Å²) in [5.41, 5.74) is 5.79. The Bertz CT molecular complexity index is 426. The zero-order valence-electron chi connectivity index (χ0n) is 10.8. The van der Waals surface area contributed by atoms with E-state index in [1.165, 1.54) is 7.05 Å². The first-order chi connectivity index (χ1) is 8.45. The van der Waals surface area contributed by atoms with Gasteiger partial charge in [0.1, 0.15) is 11.7 Å². The lowest BCUT2D eigenvalue weighted by Crippen LogP contribution is -2.35. The summed E-state index contributed by atoms with van der Waals surface area (Å²) in [6.45, 7) is 3.84. The molecule has 1 aromatic carbocycles. The van der Waals surface area contributed by atoms with Crippen LogP contribution >= 0.6 is 0 Å². The Morgan fingerprint density at radius 1 is 1.22 bits per heavy atom. The zero-order chi connectivity index (χ0) is 13.7. The van der Waals surface area contributed by atoms with E-state index in [0.29, 0.717) is 11.3 Å². The van der Waals surface area contributed by atoms with Crippen LogP contribution in [0.3, 0.4) is 0 Å². The molecule has 0 aliphatic rings. The lowest BCUT2D eigenvalue weighted by molar-refractivity contribution is -0.129. The van der Waals surface area contributed by atoms with Crippen LogP contribution in [0.2, 0.25) is 0 Å². The quantitative estimate of drug-likeness (QED) is 0.758. The molecule has 3 N–H and O–H groups in total. The molecule has 0 heterocycles. The maximum absolute atomic E-state index is 11.6. The van der Waals surface area contributed by atoms with Gasteiger partial charge < -0.3 is 15.8 Å². The highest BCUT2D eigenvalue weighted by Gasteiger charge is 2.25. The van der Waals surface area contributed by atoms with Gasteiger partial charge in [0.05, 0.1) is 6.10 Å². The van der Waals surface area contributed by atoms with Crippen LogP contribution in [0.25, 0.3) is 0 Å². The molecule has 0 aliphatic carbocycles. The molecule has 0 saturated heterocycles. The van der Waals surface area contributed by atoms with E-state index < -0.39 is 17.7 Å². The number of amides is 2.